The fraction of sp³-hybridized carbons (Fsp3) is 0.227. The number of benzene rings is 2. The number of aryl methyl sites for hydroxylation is 1. The quantitative estimate of drug-likeness (QED) is 0.506. The Hall–Kier alpha value is -3.61. The number of imidazole rings is 1. The largest absolute Gasteiger partial charge is 0.492 e. The van der Waals surface area contributed by atoms with Gasteiger partial charge in [-0.3, -0.25) is 13.9 Å². The molecule has 0 atom stereocenters. The molecule has 2 aromatic heterocycles. The molecular weight excluding hydrogens is 368 g/mol. The van der Waals surface area contributed by atoms with E-state index in [9.17, 15) is 9.59 Å². The van der Waals surface area contributed by atoms with Crippen molar-refractivity contribution in [2.75, 3.05) is 6.61 Å². The Kier molecular flexibility index (Phi) is 5.03. The number of hydrogen-bond acceptors (Lipinski definition) is 4. The minimum absolute atomic E-state index is 0.356. The number of nitrogens with zero attached hydrogens (tertiary/aromatic N) is 4. The standard InChI is InChI=1S/C22H22N4O3/c1-24-20-19(21(27)25(2)22(24)28)26(15-23-20)12-13-29-18-10-8-17(9-11-18)14-16-6-4-3-5-7-16/h3-11,15H,12-14H2,1-2H3. The van der Waals surface area contributed by atoms with Crippen LogP contribution in [0.1, 0.15) is 11.1 Å². The van der Waals surface area contributed by atoms with Crippen LogP contribution in [0.2, 0.25) is 0 Å². The number of rotatable bonds is 6. The van der Waals surface area contributed by atoms with Gasteiger partial charge in [0.15, 0.2) is 11.2 Å². The molecule has 0 radical (unpaired) electrons. The van der Waals surface area contributed by atoms with Crippen LogP contribution >= 0.6 is 0 Å². The first-order valence-corrected chi connectivity index (χ1v) is 9.41. The Morgan fingerprint density at radius 2 is 1.59 bits per heavy atom. The predicted molar refractivity (Wildman–Crippen MR) is 111 cm³/mol. The molecule has 2 heterocycles. The molecule has 0 spiro atoms. The van der Waals surface area contributed by atoms with Gasteiger partial charge >= 0.3 is 5.69 Å². The van der Waals surface area contributed by atoms with Crippen molar-refractivity contribution in [3.63, 3.8) is 0 Å². The fourth-order valence-electron chi connectivity index (χ4n) is 3.36. The lowest BCUT2D eigenvalue weighted by Crippen LogP contribution is -2.37. The second kappa shape index (κ2) is 7.79. The molecule has 0 saturated heterocycles. The minimum Gasteiger partial charge on any atom is -0.492 e. The average Bonchev–Trinajstić information content (AvgIpc) is 3.17. The first-order chi connectivity index (χ1) is 14.0. The average molecular weight is 390 g/mol. The summed E-state index contributed by atoms with van der Waals surface area (Å²) in [7, 11) is 3.07. The van der Waals surface area contributed by atoms with E-state index in [1.54, 1.807) is 17.9 Å². The van der Waals surface area contributed by atoms with Gasteiger partial charge in [-0.25, -0.2) is 9.78 Å². The van der Waals surface area contributed by atoms with E-state index in [1.807, 2.05) is 30.3 Å². The zero-order valence-corrected chi connectivity index (χ0v) is 16.4. The van der Waals surface area contributed by atoms with Crippen molar-refractivity contribution in [3.8, 4) is 5.75 Å². The summed E-state index contributed by atoms with van der Waals surface area (Å²) in [4.78, 5) is 28.7. The van der Waals surface area contributed by atoms with Gasteiger partial charge in [0.25, 0.3) is 5.56 Å². The third-order valence-corrected chi connectivity index (χ3v) is 4.99. The highest BCUT2D eigenvalue weighted by Gasteiger charge is 2.14. The molecule has 0 fully saturated rings. The summed E-state index contributed by atoms with van der Waals surface area (Å²) in [6.07, 6.45) is 2.45. The van der Waals surface area contributed by atoms with Crippen LogP contribution in [-0.2, 0) is 27.1 Å². The number of ether oxygens (including phenoxy) is 1. The monoisotopic (exact) mass is 390 g/mol. The van der Waals surface area contributed by atoms with Crippen molar-refractivity contribution in [1.82, 2.24) is 18.7 Å². The van der Waals surface area contributed by atoms with Crippen LogP contribution in [0.4, 0.5) is 0 Å². The molecule has 0 aliphatic rings. The van der Waals surface area contributed by atoms with E-state index in [4.69, 9.17) is 4.74 Å². The lowest BCUT2D eigenvalue weighted by Gasteiger charge is -2.09. The highest BCUT2D eigenvalue weighted by molar-refractivity contribution is 5.69. The molecule has 0 aliphatic heterocycles. The molecule has 0 N–H and O–H groups in total. The summed E-state index contributed by atoms with van der Waals surface area (Å²) in [5, 5.41) is 0. The molecule has 4 aromatic rings. The second-order valence-corrected chi connectivity index (χ2v) is 6.97. The SMILES string of the molecule is Cn1c(=O)c2c(ncn2CCOc2ccc(Cc3ccccc3)cc2)n(C)c1=O. The second-order valence-electron chi connectivity index (χ2n) is 6.97. The summed E-state index contributed by atoms with van der Waals surface area (Å²) in [6.45, 7) is 0.838. The van der Waals surface area contributed by atoms with Crippen LogP contribution in [0.25, 0.3) is 11.2 Å². The number of hydrogen-bond donors (Lipinski definition) is 0. The van der Waals surface area contributed by atoms with E-state index in [0.717, 1.165) is 16.7 Å². The molecule has 4 rings (SSSR count). The van der Waals surface area contributed by atoms with Crippen LogP contribution in [0.3, 0.4) is 0 Å². The Morgan fingerprint density at radius 3 is 2.31 bits per heavy atom. The summed E-state index contributed by atoms with van der Waals surface area (Å²) < 4.78 is 10.0. The van der Waals surface area contributed by atoms with Crippen LogP contribution in [0.15, 0.2) is 70.5 Å². The molecule has 2 aromatic carbocycles. The van der Waals surface area contributed by atoms with Crippen molar-refractivity contribution < 1.29 is 4.74 Å². The number of fused-ring (bicyclic) bond motifs is 1. The summed E-state index contributed by atoms with van der Waals surface area (Å²) in [5.41, 5.74) is 2.52. The van der Waals surface area contributed by atoms with Crippen molar-refractivity contribution in [2.45, 2.75) is 13.0 Å². The maximum atomic E-state index is 12.5. The molecule has 0 amide bonds. The van der Waals surface area contributed by atoms with Crippen molar-refractivity contribution in [1.29, 1.82) is 0 Å². The van der Waals surface area contributed by atoms with Gasteiger partial charge in [0, 0.05) is 14.1 Å². The van der Waals surface area contributed by atoms with Gasteiger partial charge in [-0.2, -0.15) is 0 Å². The van der Waals surface area contributed by atoms with E-state index in [-0.39, 0.29) is 11.2 Å². The van der Waals surface area contributed by atoms with Gasteiger partial charge in [0.2, 0.25) is 0 Å². The van der Waals surface area contributed by atoms with Gasteiger partial charge in [-0.15, -0.1) is 0 Å². The fourth-order valence-corrected chi connectivity index (χ4v) is 3.36. The van der Waals surface area contributed by atoms with Gasteiger partial charge in [0.05, 0.1) is 12.9 Å². The lowest BCUT2D eigenvalue weighted by molar-refractivity contribution is 0.300. The molecule has 148 valence electrons. The molecule has 7 nitrogen and oxygen atoms in total. The molecule has 0 aliphatic carbocycles. The van der Waals surface area contributed by atoms with E-state index in [0.29, 0.717) is 24.3 Å². The first-order valence-electron chi connectivity index (χ1n) is 9.41. The Bertz CT molecular complexity index is 1250. The molecular formula is C22H22N4O3. The van der Waals surface area contributed by atoms with Crippen LogP contribution in [-0.4, -0.2) is 25.3 Å². The minimum atomic E-state index is -0.389. The molecule has 29 heavy (non-hydrogen) atoms. The van der Waals surface area contributed by atoms with Crippen LogP contribution < -0.4 is 16.0 Å². The smallest absolute Gasteiger partial charge is 0.332 e. The van der Waals surface area contributed by atoms with Gasteiger partial charge < -0.3 is 9.30 Å². The van der Waals surface area contributed by atoms with Gasteiger partial charge in [-0.1, -0.05) is 42.5 Å². The highest BCUT2D eigenvalue weighted by atomic mass is 16.5. The Morgan fingerprint density at radius 1 is 0.897 bits per heavy atom. The molecule has 0 bridgehead atoms. The van der Waals surface area contributed by atoms with E-state index >= 15 is 0 Å². The van der Waals surface area contributed by atoms with Crippen molar-refractivity contribution >= 4 is 11.2 Å². The molecule has 7 heteroatoms. The summed E-state index contributed by atoms with van der Waals surface area (Å²) in [6, 6.07) is 18.3. The maximum Gasteiger partial charge on any atom is 0.332 e. The predicted octanol–water partition coefficient (Wildman–Crippen LogP) is 2.10. The third-order valence-electron chi connectivity index (χ3n) is 4.99. The Labute approximate surface area is 167 Å². The normalized spacial score (nSPS) is 11.1. The van der Waals surface area contributed by atoms with E-state index in [1.165, 1.54) is 22.7 Å². The van der Waals surface area contributed by atoms with E-state index < -0.39 is 0 Å². The van der Waals surface area contributed by atoms with Crippen molar-refractivity contribution in [2.24, 2.45) is 14.1 Å². The number of aromatic nitrogens is 4. The summed E-state index contributed by atoms with van der Waals surface area (Å²) in [5.74, 6) is 0.770. The van der Waals surface area contributed by atoms with Crippen molar-refractivity contribution in [3.05, 3.63) is 92.9 Å². The zero-order chi connectivity index (χ0) is 20.4. The summed E-state index contributed by atoms with van der Waals surface area (Å²) >= 11 is 0. The molecule has 0 saturated carbocycles. The zero-order valence-electron chi connectivity index (χ0n) is 16.4. The lowest BCUT2D eigenvalue weighted by atomic mass is 10.1. The Balaban J connectivity index is 1.43. The maximum absolute atomic E-state index is 12.5. The molecule has 0 unspecified atom stereocenters. The first kappa shape index (κ1) is 18.7. The van der Waals surface area contributed by atoms with Crippen LogP contribution in [0.5, 0.6) is 5.75 Å². The van der Waals surface area contributed by atoms with E-state index in [2.05, 4.69) is 29.2 Å². The topological polar surface area (TPSA) is 71.0 Å². The van der Waals surface area contributed by atoms with Gasteiger partial charge in [-0.05, 0) is 29.7 Å². The van der Waals surface area contributed by atoms with Gasteiger partial charge in [0.1, 0.15) is 12.4 Å². The highest BCUT2D eigenvalue weighted by Crippen LogP contribution is 2.15. The third kappa shape index (κ3) is 3.71. The van der Waals surface area contributed by atoms with Crippen LogP contribution in [0, 0.1) is 0 Å².